The van der Waals surface area contributed by atoms with Crippen LogP contribution in [0.3, 0.4) is 0 Å². The highest BCUT2D eigenvalue weighted by Crippen LogP contribution is 2.38. The summed E-state index contributed by atoms with van der Waals surface area (Å²) >= 11 is 0. The average molecular weight is 576 g/mol. The van der Waals surface area contributed by atoms with E-state index in [0.29, 0.717) is 58.5 Å². The van der Waals surface area contributed by atoms with E-state index >= 15 is 0 Å². The molecule has 9 nitrogen and oxygen atoms in total. The molecule has 3 aliphatic rings. The van der Waals surface area contributed by atoms with Gasteiger partial charge in [-0.2, -0.15) is 0 Å². The van der Waals surface area contributed by atoms with Gasteiger partial charge in [0.2, 0.25) is 17.7 Å². The molecule has 0 bridgehead atoms. The number of aryl methyl sites for hydroxylation is 2. The lowest BCUT2D eigenvalue weighted by molar-refractivity contribution is -0.141. The molecule has 9 heteroatoms. The van der Waals surface area contributed by atoms with Gasteiger partial charge in [-0.1, -0.05) is 31.0 Å². The summed E-state index contributed by atoms with van der Waals surface area (Å²) < 4.78 is 6.00. The van der Waals surface area contributed by atoms with Gasteiger partial charge < -0.3 is 19.9 Å². The Labute approximate surface area is 249 Å². The molecule has 4 heterocycles. The van der Waals surface area contributed by atoms with Gasteiger partial charge in [0.15, 0.2) is 0 Å². The van der Waals surface area contributed by atoms with Crippen LogP contribution in [0.25, 0.3) is 0 Å². The Bertz CT molecular complexity index is 1240. The predicted octanol–water partition coefficient (Wildman–Crippen LogP) is 4.06. The summed E-state index contributed by atoms with van der Waals surface area (Å²) in [4.78, 5) is 51.5. The molecular formula is C33H45N5O4. The number of carbonyl (C=O) groups is 3. The van der Waals surface area contributed by atoms with E-state index in [0.717, 1.165) is 68.6 Å². The van der Waals surface area contributed by atoms with E-state index in [1.54, 1.807) is 19.3 Å². The van der Waals surface area contributed by atoms with E-state index in [2.05, 4.69) is 22.4 Å². The van der Waals surface area contributed by atoms with E-state index in [1.807, 2.05) is 21.9 Å². The number of ether oxygens (including phenoxy) is 1. The van der Waals surface area contributed by atoms with Crippen LogP contribution in [0.2, 0.25) is 0 Å². The Morgan fingerprint density at radius 1 is 1.02 bits per heavy atom. The summed E-state index contributed by atoms with van der Waals surface area (Å²) in [6, 6.07) is 8.18. The molecule has 3 aliphatic heterocycles. The van der Waals surface area contributed by atoms with Gasteiger partial charge in [-0.15, -0.1) is 0 Å². The minimum absolute atomic E-state index is 0.0991. The van der Waals surface area contributed by atoms with Crippen molar-refractivity contribution in [1.82, 2.24) is 25.1 Å². The monoisotopic (exact) mass is 575 g/mol. The highest BCUT2D eigenvalue weighted by Gasteiger charge is 2.41. The fraction of sp³-hybridized carbons (Fsp3) is 0.606. The van der Waals surface area contributed by atoms with E-state index in [4.69, 9.17) is 9.72 Å². The fourth-order valence-electron chi connectivity index (χ4n) is 6.73. The zero-order chi connectivity index (χ0) is 29.4. The molecule has 42 heavy (non-hydrogen) atoms. The number of nitrogens with zero attached hydrogens (tertiary/aromatic N) is 4. The van der Waals surface area contributed by atoms with Crippen molar-refractivity contribution >= 4 is 17.7 Å². The smallest absolute Gasteiger partial charge is 0.226 e. The molecule has 226 valence electrons. The Kier molecular flexibility index (Phi) is 10.1. The van der Waals surface area contributed by atoms with Crippen LogP contribution in [-0.2, 0) is 27.2 Å². The second-order valence-corrected chi connectivity index (χ2v) is 12.2. The minimum Gasteiger partial charge on any atom is -0.491 e. The molecule has 5 rings (SSSR count). The largest absolute Gasteiger partial charge is 0.491 e. The lowest BCUT2D eigenvalue weighted by Gasteiger charge is -2.41. The van der Waals surface area contributed by atoms with Crippen molar-refractivity contribution in [3.8, 4) is 5.75 Å². The highest BCUT2D eigenvalue weighted by atomic mass is 16.5. The maximum Gasteiger partial charge on any atom is 0.226 e. The number of aromatic nitrogens is 2. The standard InChI is InChI=1S/C33H45N5O4/c1-25(39)38-18-7-10-27(24-38)29-23-34-22-28(36-29)12-13-31(40)37-19-15-33(16-20-37)14-6-2-3-8-26-9-4-5-11-30(26)42-21-17-35-32(33)41/h4-5,9,11,22-23,27H,2-3,6-8,10,12-21,24H2,1H3,(H,35,41). The van der Waals surface area contributed by atoms with Crippen LogP contribution < -0.4 is 10.1 Å². The van der Waals surface area contributed by atoms with Crippen molar-refractivity contribution in [3.63, 3.8) is 0 Å². The van der Waals surface area contributed by atoms with Gasteiger partial charge in [0.25, 0.3) is 0 Å². The second-order valence-electron chi connectivity index (χ2n) is 12.2. The number of hydrogen-bond donors (Lipinski definition) is 1. The molecule has 1 N–H and O–H groups in total. The fourth-order valence-corrected chi connectivity index (χ4v) is 6.73. The number of rotatable bonds is 4. The molecule has 2 saturated heterocycles. The number of para-hydroxylation sites is 1. The molecule has 1 unspecified atom stereocenters. The number of carbonyl (C=O) groups excluding carboxylic acids is 3. The third-order valence-electron chi connectivity index (χ3n) is 9.36. The van der Waals surface area contributed by atoms with Crippen LogP contribution in [0.1, 0.15) is 87.6 Å². The van der Waals surface area contributed by atoms with Gasteiger partial charge in [-0.3, -0.25) is 24.4 Å². The number of nitrogens with one attached hydrogen (secondary N) is 1. The molecule has 0 saturated carbocycles. The first-order valence-electron chi connectivity index (χ1n) is 15.8. The Balaban J connectivity index is 1.13. The van der Waals surface area contributed by atoms with Gasteiger partial charge in [-0.25, -0.2) is 0 Å². The first-order chi connectivity index (χ1) is 20.4. The normalized spacial score (nSPS) is 21.6. The minimum atomic E-state index is -0.425. The molecule has 1 aromatic heterocycles. The SMILES string of the molecule is CC(=O)N1CCCC(c2cncc(CCC(=O)N3CCC4(CCCCCc5ccccc5OCCNC4=O)CC3)n2)C1. The summed E-state index contributed by atoms with van der Waals surface area (Å²) in [5.41, 5.74) is 2.53. The van der Waals surface area contributed by atoms with E-state index in [-0.39, 0.29) is 23.6 Å². The van der Waals surface area contributed by atoms with Crippen molar-refractivity contribution in [2.45, 2.75) is 83.5 Å². The van der Waals surface area contributed by atoms with Crippen molar-refractivity contribution in [1.29, 1.82) is 0 Å². The quantitative estimate of drug-likeness (QED) is 0.590. The highest BCUT2D eigenvalue weighted by molar-refractivity contribution is 5.83. The summed E-state index contributed by atoms with van der Waals surface area (Å²) in [6.45, 7) is 5.22. The zero-order valence-corrected chi connectivity index (χ0v) is 25.0. The Morgan fingerprint density at radius 3 is 2.69 bits per heavy atom. The van der Waals surface area contributed by atoms with Gasteiger partial charge in [-0.05, 0) is 63.0 Å². The number of hydrogen-bond acceptors (Lipinski definition) is 6. The third kappa shape index (κ3) is 7.47. The first-order valence-corrected chi connectivity index (χ1v) is 15.8. The number of amides is 3. The van der Waals surface area contributed by atoms with Gasteiger partial charge in [0.05, 0.1) is 23.3 Å². The zero-order valence-electron chi connectivity index (χ0n) is 25.0. The van der Waals surface area contributed by atoms with Gasteiger partial charge in [0, 0.05) is 57.8 Å². The maximum atomic E-state index is 13.4. The maximum absolute atomic E-state index is 13.4. The van der Waals surface area contributed by atoms with Gasteiger partial charge >= 0.3 is 0 Å². The van der Waals surface area contributed by atoms with Crippen molar-refractivity contribution in [3.05, 3.63) is 53.6 Å². The molecule has 2 aromatic rings. The van der Waals surface area contributed by atoms with E-state index in [9.17, 15) is 14.4 Å². The molecule has 1 atom stereocenters. The van der Waals surface area contributed by atoms with Crippen LogP contribution in [-0.4, -0.2) is 76.8 Å². The van der Waals surface area contributed by atoms with Crippen LogP contribution in [0.4, 0.5) is 0 Å². The second kappa shape index (κ2) is 14.1. The van der Waals surface area contributed by atoms with Crippen LogP contribution in [0.15, 0.2) is 36.7 Å². The summed E-state index contributed by atoms with van der Waals surface area (Å²) in [6.07, 6.45) is 12.8. The van der Waals surface area contributed by atoms with Crippen LogP contribution >= 0.6 is 0 Å². The third-order valence-corrected chi connectivity index (χ3v) is 9.36. The first kappa shape index (κ1) is 30.0. The Morgan fingerprint density at radius 2 is 1.86 bits per heavy atom. The number of fused-ring (bicyclic) bond motifs is 1. The number of piperidine rings is 2. The molecule has 0 aliphatic carbocycles. The van der Waals surface area contributed by atoms with Crippen LogP contribution in [0, 0.1) is 5.41 Å². The average Bonchev–Trinajstić information content (AvgIpc) is 3.03. The van der Waals surface area contributed by atoms with Crippen LogP contribution in [0.5, 0.6) is 5.75 Å². The summed E-state index contributed by atoms with van der Waals surface area (Å²) in [7, 11) is 0. The number of likely N-dealkylation sites (tertiary alicyclic amines) is 2. The van der Waals surface area contributed by atoms with Crippen molar-refractivity contribution in [2.24, 2.45) is 5.41 Å². The van der Waals surface area contributed by atoms with E-state index in [1.165, 1.54) is 5.56 Å². The van der Waals surface area contributed by atoms with Crippen molar-refractivity contribution in [2.75, 3.05) is 39.3 Å². The summed E-state index contributed by atoms with van der Waals surface area (Å²) in [5.74, 6) is 1.41. The molecule has 1 spiro atoms. The van der Waals surface area contributed by atoms with E-state index < -0.39 is 5.41 Å². The molecule has 2 fully saturated rings. The molecular weight excluding hydrogens is 530 g/mol. The molecule has 1 aromatic carbocycles. The van der Waals surface area contributed by atoms with Crippen molar-refractivity contribution < 1.29 is 19.1 Å². The number of benzene rings is 1. The summed E-state index contributed by atoms with van der Waals surface area (Å²) in [5, 5.41) is 3.14. The lowest BCUT2D eigenvalue weighted by atomic mass is 9.73. The molecule has 0 radical (unpaired) electrons. The Hall–Kier alpha value is -3.49. The topological polar surface area (TPSA) is 105 Å². The van der Waals surface area contributed by atoms with Gasteiger partial charge in [0.1, 0.15) is 12.4 Å². The predicted molar refractivity (Wildman–Crippen MR) is 160 cm³/mol. The lowest BCUT2D eigenvalue weighted by Crippen LogP contribution is -2.50. The molecule has 3 amide bonds.